The summed E-state index contributed by atoms with van der Waals surface area (Å²) in [5.41, 5.74) is 1.51. The molecule has 1 saturated heterocycles. The summed E-state index contributed by atoms with van der Waals surface area (Å²) < 4.78 is 1.78. The number of hydrogen-bond acceptors (Lipinski definition) is 3. The van der Waals surface area contributed by atoms with Gasteiger partial charge in [0.25, 0.3) is 0 Å². The lowest BCUT2D eigenvalue weighted by atomic mass is 10.2. The molecular weight excluding hydrogens is 236 g/mol. The van der Waals surface area contributed by atoms with Crippen LogP contribution in [0.25, 0.3) is 11.0 Å². The molecule has 2 aromatic rings. The average Bonchev–Trinajstić information content (AvgIpc) is 2.65. The minimum Gasteiger partial charge on any atom is -0.508 e. The number of benzene rings is 1. The first kappa shape index (κ1) is 10.8. The fraction of sp³-hybridized carbons (Fsp3) is 0.417. The van der Waals surface area contributed by atoms with Crippen LogP contribution in [0.4, 0.5) is 0 Å². The molecule has 17 heavy (non-hydrogen) atoms. The highest BCUT2D eigenvalue weighted by molar-refractivity contribution is 7.99. The van der Waals surface area contributed by atoms with Gasteiger partial charge in [-0.15, -0.1) is 11.8 Å². The smallest absolute Gasteiger partial charge is 0.327 e. The maximum atomic E-state index is 12.0. The van der Waals surface area contributed by atoms with Crippen molar-refractivity contribution < 1.29 is 5.11 Å². The highest BCUT2D eigenvalue weighted by Gasteiger charge is 2.20. The Bertz CT molecular complexity index is 596. The van der Waals surface area contributed by atoms with Crippen molar-refractivity contribution in [2.75, 3.05) is 5.75 Å². The Morgan fingerprint density at radius 3 is 3.06 bits per heavy atom. The molecule has 0 bridgehead atoms. The van der Waals surface area contributed by atoms with E-state index in [2.05, 4.69) is 4.98 Å². The molecular formula is C12H14N2O2S. The van der Waals surface area contributed by atoms with Crippen LogP contribution < -0.4 is 5.69 Å². The van der Waals surface area contributed by atoms with Gasteiger partial charge in [0.15, 0.2) is 0 Å². The van der Waals surface area contributed by atoms with Crippen molar-refractivity contribution in [2.24, 2.45) is 0 Å². The average molecular weight is 250 g/mol. The molecule has 3 rings (SSSR count). The number of phenolic OH excluding ortho intramolecular Hbond substituents is 1. The van der Waals surface area contributed by atoms with Crippen molar-refractivity contribution in [3.8, 4) is 5.75 Å². The lowest BCUT2D eigenvalue weighted by molar-refractivity contribution is 0.475. The van der Waals surface area contributed by atoms with Crippen molar-refractivity contribution in [1.29, 1.82) is 0 Å². The Morgan fingerprint density at radius 1 is 1.41 bits per heavy atom. The summed E-state index contributed by atoms with van der Waals surface area (Å²) in [6.45, 7) is 0. The number of nitrogens with zero attached hydrogens (tertiary/aromatic N) is 1. The molecule has 1 fully saturated rings. The first-order valence-electron chi connectivity index (χ1n) is 5.80. The number of phenols is 1. The fourth-order valence-corrected chi connectivity index (χ4v) is 3.66. The van der Waals surface area contributed by atoms with E-state index in [9.17, 15) is 9.90 Å². The quantitative estimate of drug-likeness (QED) is 0.817. The molecule has 0 radical (unpaired) electrons. The highest BCUT2D eigenvalue weighted by atomic mass is 32.2. The van der Waals surface area contributed by atoms with Crippen LogP contribution in [-0.4, -0.2) is 20.4 Å². The van der Waals surface area contributed by atoms with Gasteiger partial charge in [-0.3, -0.25) is 4.57 Å². The van der Waals surface area contributed by atoms with Gasteiger partial charge in [-0.1, -0.05) is 0 Å². The van der Waals surface area contributed by atoms with Crippen LogP contribution in [0.15, 0.2) is 23.0 Å². The Morgan fingerprint density at radius 2 is 2.29 bits per heavy atom. The summed E-state index contributed by atoms with van der Waals surface area (Å²) in [6, 6.07) is 5.00. The summed E-state index contributed by atoms with van der Waals surface area (Å²) in [5, 5.41) is 9.73. The van der Waals surface area contributed by atoms with E-state index in [1.165, 1.54) is 6.42 Å². The molecule has 2 heterocycles. The first-order chi connectivity index (χ1) is 8.25. The summed E-state index contributed by atoms with van der Waals surface area (Å²) >= 11 is 1.82. The SMILES string of the molecule is O=c1[nH]c2ccc(O)cc2n1C1CCCCS1. The van der Waals surface area contributed by atoms with E-state index >= 15 is 0 Å². The topological polar surface area (TPSA) is 58.0 Å². The minimum atomic E-state index is -0.0787. The predicted octanol–water partition coefficient (Wildman–Crippen LogP) is 2.45. The van der Waals surface area contributed by atoms with E-state index in [1.807, 2.05) is 11.8 Å². The van der Waals surface area contributed by atoms with Gasteiger partial charge >= 0.3 is 5.69 Å². The van der Waals surface area contributed by atoms with Crippen LogP contribution in [-0.2, 0) is 0 Å². The number of hydrogen-bond donors (Lipinski definition) is 2. The van der Waals surface area contributed by atoms with Crippen LogP contribution in [0.3, 0.4) is 0 Å². The van der Waals surface area contributed by atoms with Gasteiger partial charge in [0.1, 0.15) is 5.75 Å². The number of aromatic nitrogens is 2. The molecule has 1 unspecified atom stereocenters. The summed E-state index contributed by atoms with van der Waals surface area (Å²) in [4.78, 5) is 14.8. The maximum absolute atomic E-state index is 12.0. The molecule has 1 aliphatic rings. The molecule has 1 aromatic heterocycles. The van der Waals surface area contributed by atoms with Crippen LogP contribution in [0.2, 0.25) is 0 Å². The Balaban J connectivity index is 2.16. The zero-order valence-corrected chi connectivity index (χ0v) is 10.2. The van der Waals surface area contributed by atoms with E-state index in [1.54, 1.807) is 22.8 Å². The van der Waals surface area contributed by atoms with Gasteiger partial charge < -0.3 is 10.1 Å². The van der Waals surface area contributed by atoms with E-state index in [4.69, 9.17) is 0 Å². The summed E-state index contributed by atoms with van der Waals surface area (Å²) in [6.07, 6.45) is 3.41. The third kappa shape index (κ3) is 1.84. The highest BCUT2D eigenvalue weighted by Crippen LogP contribution is 2.35. The molecule has 0 spiro atoms. The number of rotatable bonds is 1. The molecule has 4 nitrogen and oxygen atoms in total. The number of aromatic amines is 1. The van der Waals surface area contributed by atoms with E-state index in [0.29, 0.717) is 0 Å². The number of H-pyrrole nitrogens is 1. The lowest BCUT2D eigenvalue weighted by Crippen LogP contribution is -2.22. The zero-order valence-electron chi connectivity index (χ0n) is 9.35. The van der Waals surface area contributed by atoms with Gasteiger partial charge in [0, 0.05) is 6.07 Å². The predicted molar refractivity (Wildman–Crippen MR) is 69.6 cm³/mol. The van der Waals surface area contributed by atoms with Crippen molar-refractivity contribution >= 4 is 22.8 Å². The zero-order chi connectivity index (χ0) is 11.8. The number of fused-ring (bicyclic) bond motifs is 1. The number of thioether (sulfide) groups is 1. The molecule has 0 amide bonds. The van der Waals surface area contributed by atoms with Crippen molar-refractivity contribution in [1.82, 2.24) is 9.55 Å². The second-order valence-electron chi connectivity index (χ2n) is 4.32. The second kappa shape index (κ2) is 4.14. The molecule has 1 aromatic carbocycles. The molecule has 90 valence electrons. The Hall–Kier alpha value is -1.36. The minimum absolute atomic E-state index is 0.0787. The fourth-order valence-electron chi connectivity index (χ4n) is 2.32. The van der Waals surface area contributed by atoms with Gasteiger partial charge in [-0.2, -0.15) is 0 Å². The molecule has 1 atom stereocenters. The lowest BCUT2D eigenvalue weighted by Gasteiger charge is -2.22. The third-order valence-electron chi connectivity index (χ3n) is 3.14. The van der Waals surface area contributed by atoms with Gasteiger partial charge in [-0.05, 0) is 37.1 Å². The monoisotopic (exact) mass is 250 g/mol. The van der Waals surface area contributed by atoms with Crippen LogP contribution in [0.1, 0.15) is 24.6 Å². The van der Waals surface area contributed by atoms with E-state index < -0.39 is 0 Å². The van der Waals surface area contributed by atoms with Gasteiger partial charge in [0.2, 0.25) is 0 Å². The number of nitrogens with one attached hydrogen (secondary N) is 1. The van der Waals surface area contributed by atoms with Gasteiger partial charge in [0.05, 0.1) is 16.4 Å². The largest absolute Gasteiger partial charge is 0.508 e. The Labute approximate surface area is 103 Å². The van der Waals surface area contributed by atoms with Crippen LogP contribution >= 0.6 is 11.8 Å². The number of imidazole rings is 1. The standard InChI is InChI=1S/C12H14N2O2S/c15-8-4-5-9-10(7-8)14(12(16)13-9)11-3-1-2-6-17-11/h4-5,7,11,15H,1-3,6H2,(H,13,16). The molecule has 1 aliphatic heterocycles. The van der Waals surface area contributed by atoms with E-state index in [0.717, 1.165) is 29.6 Å². The van der Waals surface area contributed by atoms with Crippen molar-refractivity contribution in [3.05, 3.63) is 28.7 Å². The summed E-state index contributed by atoms with van der Waals surface area (Å²) in [5.74, 6) is 1.30. The normalized spacial score (nSPS) is 20.8. The van der Waals surface area contributed by atoms with Crippen LogP contribution in [0.5, 0.6) is 5.75 Å². The summed E-state index contributed by atoms with van der Waals surface area (Å²) in [7, 11) is 0. The van der Waals surface area contributed by atoms with Gasteiger partial charge in [-0.25, -0.2) is 4.79 Å². The second-order valence-corrected chi connectivity index (χ2v) is 5.61. The van der Waals surface area contributed by atoms with E-state index in [-0.39, 0.29) is 16.8 Å². The van der Waals surface area contributed by atoms with Crippen LogP contribution in [0, 0.1) is 0 Å². The van der Waals surface area contributed by atoms with Crippen molar-refractivity contribution in [2.45, 2.75) is 24.6 Å². The maximum Gasteiger partial charge on any atom is 0.327 e. The molecule has 0 saturated carbocycles. The molecule has 2 N–H and O–H groups in total. The number of aromatic hydroxyl groups is 1. The third-order valence-corrected chi connectivity index (χ3v) is 4.50. The Kier molecular flexibility index (Phi) is 2.63. The van der Waals surface area contributed by atoms with Crippen molar-refractivity contribution in [3.63, 3.8) is 0 Å². The first-order valence-corrected chi connectivity index (χ1v) is 6.85. The molecule has 5 heteroatoms. The molecule has 0 aliphatic carbocycles.